The van der Waals surface area contributed by atoms with E-state index in [0.717, 1.165) is 35.3 Å². The number of aryl methyl sites for hydroxylation is 1. The second-order valence-electron chi connectivity index (χ2n) is 8.52. The Morgan fingerprint density at radius 2 is 1.91 bits per heavy atom. The van der Waals surface area contributed by atoms with Gasteiger partial charge in [-0.05, 0) is 50.6 Å². The number of morpholine rings is 1. The number of anilines is 1. The molecular weight excluding hydrogens is 457 g/mol. The monoisotopic (exact) mass is 483 g/mol. The van der Waals surface area contributed by atoms with Gasteiger partial charge in [0.25, 0.3) is 0 Å². The fourth-order valence-electron chi connectivity index (χ4n) is 4.29. The standard InChI is InChI=1S/C25H26FN3O4S/c1-15-11-19(17(3)33-22-6-5-18(26)13-23(22)34(4,30)31)24-20(12-15)21(14-27)16(2)25(28-24)29-7-9-32-10-8-29/h5-6,11-13,17H,7-10H2,1-4H3. The minimum Gasteiger partial charge on any atom is -0.485 e. The highest BCUT2D eigenvalue weighted by molar-refractivity contribution is 7.90. The summed E-state index contributed by atoms with van der Waals surface area (Å²) in [6.07, 6.45) is 0.395. The van der Waals surface area contributed by atoms with Gasteiger partial charge >= 0.3 is 0 Å². The molecule has 1 saturated heterocycles. The molecule has 0 N–H and O–H groups in total. The second-order valence-corrected chi connectivity index (χ2v) is 10.5. The van der Waals surface area contributed by atoms with Crippen LogP contribution in [0.15, 0.2) is 35.2 Å². The van der Waals surface area contributed by atoms with E-state index in [4.69, 9.17) is 14.5 Å². The van der Waals surface area contributed by atoms with E-state index in [1.54, 1.807) is 6.92 Å². The highest BCUT2D eigenvalue weighted by atomic mass is 32.2. The predicted molar refractivity (Wildman–Crippen MR) is 128 cm³/mol. The number of nitrogens with zero attached hydrogens (tertiary/aromatic N) is 3. The van der Waals surface area contributed by atoms with Crippen molar-refractivity contribution >= 4 is 26.6 Å². The lowest BCUT2D eigenvalue weighted by Gasteiger charge is -2.30. The van der Waals surface area contributed by atoms with Crippen molar-refractivity contribution in [1.29, 1.82) is 5.26 Å². The van der Waals surface area contributed by atoms with E-state index in [-0.39, 0.29) is 10.6 Å². The van der Waals surface area contributed by atoms with E-state index >= 15 is 0 Å². The molecule has 178 valence electrons. The molecule has 1 aromatic heterocycles. The van der Waals surface area contributed by atoms with Gasteiger partial charge in [-0.2, -0.15) is 5.26 Å². The topological polar surface area (TPSA) is 92.5 Å². The number of benzene rings is 2. The highest BCUT2D eigenvalue weighted by Gasteiger charge is 2.24. The first-order valence-electron chi connectivity index (χ1n) is 10.9. The smallest absolute Gasteiger partial charge is 0.179 e. The molecule has 0 bridgehead atoms. The third-order valence-electron chi connectivity index (χ3n) is 5.95. The first-order chi connectivity index (χ1) is 16.1. The third-order valence-corrected chi connectivity index (χ3v) is 7.07. The van der Waals surface area contributed by atoms with Crippen molar-refractivity contribution in [1.82, 2.24) is 4.98 Å². The van der Waals surface area contributed by atoms with Crippen LogP contribution in [0.2, 0.25) is 0 Å². The van der Waals surface area contributed by atoms with Gasteiger partial charge in [0.05, 0.1) is 24.3 Å². The maximum absolute atomic E-state index is 13.8. The van der Waals surface area contributed by atoms with Gasteiger partial charge in [-0.3, -0.25) is 0 Å². The molecule has 4 rings (SSSR count). The van der Waals surface area contributed by atoms with Gasteiger partial charge in [-0.1, -0.05) is 6.07 Å². The lowest BCUT2D eigenvalue weighted by molar-refractivity contribution is 0.122. The molecule has 7 nitrogen and oxygen atoms in total. The summed E-state index contributed by atoms with van der Waals surface area (Å²) in [6.45, 7) is 8.11. The van der Waals surface area contributed by atoms with Crippen LogP contribution in [0.4, 0.5) is 10.2 Å². The zero-order valence-corrected chi connectivity index (χ0v) is 20.4. The lowest BCUT2D eigenvalue weighted by atomic mass is 9.96. The fourth-order valence-corrected chi connectivity index (χ4v) is 5.09. The largest absolute Gasteiger partial charge is 0.485 e. The molecule has 2 aromatic carbocycles. The van der Waals surface area contributed by atoms with Gasteiger partial charge in [0.15, 0.2) is 9.84 Å². The average molecular weight is 484 g/mol. The normalized spacial score (nSPS) is 15.2. The van der Waals surface area contributed by atoms with Crippen molar-refractivity contribution in [3.8, 4) is 11.8 Å². The van der Waals surface area contributed by atoms with Gasteiger partial charge in [0.1, 0.15) is 34.5 Å². The van der Waals surface area contributed by atoms with Crippen LogP contribution in [-0.4, -0.2) is 46.0 Å². The number of aromatic nitrogens is 1. The van der Waals surface area contributed by atoms with Crippen LogP contribution in [-0.2, 0) is 14.6 Å². The Balaban J connectivity index is 1.87. The number of pyridine rings is 1. The average Bonchev–Trinajstić information content (AvgIpc) is 2.79. The van der Waals surface area contributed by atoms with Gasteiger partial charge < -0.3 is 14.4 Å². The SMILES string of the molecule is Cc1cc(C(C)Oc2ccc(F)cc2S(C)(=O)=O)c2nc(N3CCOCC3)c(C)c(C#N)c2c1. The number of hydrogen-bond acceptors (Lipinski definition) is 7. The first-order valence-corrected chi connectivity index (χ1v) is 12.8. The maximum Gasteiger partial charge on any atom is 0.179 e. The molecule has 9 heteroatoms. The van der Waals surface area contributed by atoms with Crippen LogP contribution in [0.5, 0.6) is 5.75 Å². The number of ether oxygens (including phenoxy) is 2. The van der Waals surface area contributed by atoms with Crippen LogP contribution < -0.4 is 9.64 Å². The third kappa shape index (κ3) is 4.56. The van der Waals surface area contributed by atoms with Gasteiger partial charge in [-0.25, -0.2) is 17.8 Å². The molecule has 1 aliphatic heterocycles. The number of rotatable bonds is 5. The Hall–Kier alpha value is -3.22. The molecule has 1 unspecified atom stereocenters. The van der Waals surface area contributed by atoms with Crippen LogP contribution in [0.25, 0.3) is 10.9 Å². The van der Waals surface area contributed by atoms with E-state index in [9.17, 15) is 18.1 Å². The molecular formula is C25H26FN3O4S. The summed E-state index contributed by atoms with van der Waals surface area (Å²) in [5.41, 5.74) is 3.59. The summed E-state index contributed by atoms with van der Waals surface area (Å²) in [4.78, 5) is 6.85. The van der Waals surface area contributed by atoms with Crippen molar-refractivity contribution in [3.05, 3.63) is 58.4 Å². The second kappa shape index (κ2) is 9.20. The molecule has 0 aliphatic carbocycles. The summed E-state index contributed by atoms with van der Waals surface area (Å²) in [5, 5.41) is 10.7. The molecule has 1 fully saturated rings. The van der Waals surface area contributed by atoms with E-state index in [1.165, 1.54) is 6.07 Å². The van der Waals surface area contributed by atoms with Crippen LogP contribution in [0.1, 0.15) is 35.3 Å². The summed E-state index contributed by atoms with van der Waals surface area (Å²) in [6, 6.07) is 9.62. The Morgan fingerprint density at radius 3 is 2.56 bits per heavy atom. The molecule has 0 spiro atoms. The van der Waals surface area contributed by atoms with Gasteiger partial charge in [-0.15, -0.1) is 0 Å². The zero-order valence-electron chi connectivity index (χ0n) is 19.6. The van der Waals surface area contributed by atoms with Gasteiger partial charge in [0, 0.05) is 35.9 Å². The first kappa shape index (κ1) is 23.9. The molecule has 1 aliphatic rings. The van der Waals surface area contributed by atoms with Crippen LogP contribution in [0.3, 0.4) is 0 Å². The molecule has 0 radical (unpaired) electrons. The van der Waals surface area contributed by atoms with Crippen molar-refractivity contribution in [3.63, 3.8) is 0 Å². The zero-order chi connectivity index (χ0) is 24.6. The molecule has 34 heavy (non-hydrogen) atoms. The van der Waals surface area contributed by atoms with E-state index in [2.05, 4.69) is 11.0 Å². The number of sulfone groups is 1. The minimum atomic E-state index is -3.71. The quantitative estimate of drug-likeness (QED) is 0.536. The van der Waals surface area contributed by atoms with Gasteiger partial charge in [0.2, 0.25) is 0 Å². The highest BCUT2D eigenvalue weighted by Crippen LogP contribution is 2.36. The van der Waals surface area contributed by atoms with E-state index in [0.29, 0.717) is 48.3 Å². The van der Waals surface area contributed by atoms with Crippen LogP contribution >= 0.6 is 0 Å². The lowest BCUT2D eigenvalue weighted by Crippen LogP contribution is -2.37. The number of hydrogen-bond donors (Lipinski definition) is 0. The fraction of sp³-hybridized carbons (Fsp3) is 0.360. The summed E-state index contributed by atoms with van der Waals surface area (Å²) in [7, 11) is -3.71. The maximum atomic E-state index is 13.8. The number of nitriles is 1. The Kier molecular flexibility index (Phi) is 6.47. The minimum absolute atomic E-state index is 0.0621. The number of halogens is 1. The van der Waals surface area contributed by atoms with E-state index in [1.807, 2.05) is 26.0 Å². The Bertz CT molecular complexity index is 1410. The van der Waals surface area contributed by atoms with Crippen molar-refractivity contribution in [2.24, 2.45) is 0 Å². The molecule has 1 atom stereocenters. The summed E-state index contributed by atoms with van der Waals surface area (Å²) >= 11 is 0. The van der Waals surface area contributed by atoms with Crippen molar-refractivity contribution in [2.75, 3.05) is 37.5 Å². The Labute approximate surface area is 198 Å². The molecule has 2 heterocycles. The van der Waals surface area contributed by atoms with Crippen molar-refractivity contribution in [2.45, 2.75) is 31.8 Å². The van der Waals surface area contributed by atoms with Crippen molar-refractivity contribution < 1.29 is 22.3 Å². The number of fused-ring (bicyclic) bond motifs is 1. The van der Waals surface area contributed by atoms with Crippen LogP contribution in [0, 0.1) is 31.0 Å². The molecule has 0 amide bonds. The summed E-state index contributed by atoms with van der Waals surface area (Å²) in [5.74, 6) is 0.128. The predicted octanol–water partition coefficient (Wildman–Crippen LogP) is 4.24. The molecule has 0 saturated carbocycles. The summed E-state index contributed by atoms with van der Waals surface area (Å²) < 4.78 is 49.7. The molecule has 3 aromatic rings. The Morgan fingerprint density at radius 1 is 1.21 bits per heavy atom. The van der Waals surface area contributed by atoms with E-state index < -0.39 is 21.8 Å².